The number of aryl methyl sites for hydroxylation is 1. The highest BCUT2D eigenvalue weighted by atomic mass is 16.5. The minimum atomic E-state index is 0.803. The van der Waals surface area contributed by atoms with Gasteiger partial charge in [0.25, 0.3) is 0 Å². The smallest absolute Gasteiger partial charge is 0.163 e. The van der Waals surface area contributed by atoms with Crippen molar-refractivity contribution in [3.8, 4) is 11.5 Å². The summed E-state index contributed by atoms with van der Waals surface area (Å²) in [7, 11) is 3.31. The van der Waals surface area contributed by atoms with Gasteiger partial charge in [-0.05, 0) is 24.5 Å². The Hall–Kier alpha value is -1.26. The lowest BCUT2D eigenvalue weighted by Gasteiger charge is -2.10. The lowest BCUT2D eigenvalue weighted by atomic mass is 10.1. The molecule has 0 saturated carbocycles. The van der Waals surface area contributed by atoms with Crippen LogP contribution in [-0.2, 0) is 6.42 Å². The summed E-state index contributed by atoms with van der Waals surface area (Å²) in [5, 5.41) is 0. The lowest BCUT2D eigenvalue weighted by Crippen LogP contribution is -2.22. The van der Waals surface area contributed by atoms with Gasteiger partial charge in [0.1, 0.15) is 0 Å². The summed E-state index contributed by atoms with van der Waals surface area (Å²) < 4.78 is 10.4. The molecule has 0 radical (unpaired) electrons. The Kier molecular flexibility index (Phi) is 12.0. The second-order valence-corrected chi connectivity index (χ2v) is 4.52. The minimum Gasteiger partial charge on any atom is -0.493 e. The number of nitrogens with one attached hydrogen (secondary N) is 1. The highest BCUT2D eigenvalue weighted by Crippen LogP contribution is 2.30. The van der Waals surface area contributed by atoms with Crippen molar-refractivity contribution in [2.45, 2.75) is 46.0 Å². The molecule has 0 spiro atoms. The van der Waals surface area contributed by atoms with Gasteiger partial charge >= 0.3 is 0 Å². The molecule has 0 saturated heterocycles. The fourth-order valence-electron chi connectivity index (χ4n) is 1.89. The van der Waals surface area contributed by atoms with Crippen LogP contribution in [0.25, 0.3) is 0 Å². The molecule has 1 aromatic carbocycles. The fourth-order valence-corrected chi connectivity index (χ4v) is 1.89. The molecule has 116 valence electrons. The predicted octanol–water partition coefficient (Wildman–Crippen LogP) is 3.30. The third-order valence-corrected chi connectivity index (χ3v) is 3.04. The van der Waals surface area contributed by atoms with Gasteiger partial charge in [-0.2, -0.15) is 0 Å². The number of hydrazine groups is 1. The molecule has 1 rings (SSSR count). The number of ether oxygens (including phenoxy) is 2. The van der Waals surface area contributed by atoms with Crippen LogP contribution >= 0.6 is 0 Å². The molecule has 0 unspecified atom stereocenters. The number of methoxy groups -OCH3 is 2. The first kappa shape index (κ1) is 18.7. The summed E-state index contributed by atoms with van der Waals surface area (Å²) in [6.45, 7) is 5.26. The maximum Gasteiger partial charge on any atom is 0.163 e. The molecule has 1 aromatic rings. The number of hydrogen-bond donors (Lipinski definition) is 2. The Bertz CT molecular complexity index is 315. The molecule has 0 aliphatic heterocycles. The predicted molar refractivity (Wildman–Crippen MR) is 85.3 cm³/mol. The fraction of sp³-hybridized carbons (Fsp3) is 0.625. The van der Waals surface area contributed by atoms with E-state index in [2.05, 4.69) is 19.3 Å². The molecule has 0 fully saturated rings. The van der Waals surface area contributed by atoms with Crippen LogP contribution in [-0.4, -0.2) is 20.8 Å². The zero-order valence-electron chi connectivity index (χ0n) is 13.4. The standard InChI is InChI=1S/C10H14O2.C6H16N2/c1-4-8-6-5-7-9(11-2)10(8)12-3;1-2-3-4-5-6-8-7/h5-7H,4H2,1-3H3;8H,2-7H2,1H3. The Morgan fingerprint density at radius 3 is 2.30 bits per heavy atom. The van der Waals surface area contributed by atoms with E-state index < -0.39 is 0 Å². The summed E-state index contributed by atoms with van der Waals surface area (Å²) in [6.07, 6.45) is 6.11. The maximum atomic E-state index is 5.23. The number of nitrogens with two attached hydrogens (primary N) is 1. The van der Waals surface area contributed by atoms with E-state index in [0.29, 0.717) is 0 Å². The first-order valence-corrected chi connectivity index (χ1v) is 7.38. The van der Waals surface area contributed by atoms with E-state index in [0.717, 1.165) is 24.5 Å². The van der Waals surface area contributed by atoms with Gasteiger partial charge in [-0.1, -0.05) is 45.2 Å². The van der Waals surface area contributed by atoms with E-state index in [-0.39, 0.29) is 0 Å². The molecule has 20 heavy (non-hydrogen) atoms. The second-order valence-electron chi connectivity index (χ2n) is 4.52. The van der Waals surface area contributed by atoms with Gasteiger partial charge in [0.2, 0.25) is 0 Å². The summed E-state index contributed by atoms with van der Waals surface area (Å²) in [5.41, 5.74) is 3.80. The summed E-state index contributed by atoms with van der Waals surface area (Å²) in [4.78, 5) is 0. The van der Waals surface area contributed by atoms with Crippen LogP contribution in [0.1, 0.15) is 45.1 Å². The van der Waals surface area contributed by atoms with Gasteiger partial charge in [0.05, 0.1) is 14.2 Å². The van der Waals surface area contributed by atoms with Crippen molar-refractivity contribution in [2.24, 2.45) is 5.84 Å². The Morgan fingerprint density at radius 1 is 1.05 bits per heavy atom. The van der Waals surface area contributed by atoms with Crippen LogP contribution in [0.15, 0.2) is 18.2 Å². The van der Waals surface area contributed by atoms with Crippen molar-refractivity contribution in [1.29, 1.82) is 0 Å². The number of rotatable bonds is 8. The van der Waals surface area contributed by atoms with Crippen LogP contribution < -0.4 is 20.7 Å². The molecule has 0 heterocycles. The Balaban J connectivity index is 0.000000396. The molecular formula is C16H30N2O2. The van der Waals surface area contributed by atoms with Crippen molar-refractivity contribution in [1.82, 2.24) is 5.43 Å². The highest BCUT2D eigenvalue weighted by molar-refractivity contribution is 5.46. The number of hydrogen-bond acceptors (Lipinski definition) is 4. The second kappa shape index (κ2) is 12.8. The molecule has 0 aliphatic rings. The summed E-state index contributed by atoms with van der Waals surface area (Å²) in [5.74, 6) is 6.71. The third kappa shape index (κ3) is 7.36. The molecule has 0 aliphatic carbocycles. The highest BCUT2D eigenvalue weighted by Gasteiger charge is 2.06. The van der Waals surface area contributed by atoms with Crippen molar-refractivity contribution in [3.63, 3.8) is 0 Å². The van der Waals surface area contributed by atoms with Crippen LogP contribution in [0.3, 0.4) is 0 Å². The quantitative estimate of drug-likeness (QED) is 0.436. The van der Waals surface area contributed by atoms with E-state index in [4.69, 9.17) is 15.3 Å². The van der Waals surface area contributed by atoms with Crippen molar-refractivity contribution in [2.75, 3.05) is 20.8 Å². The van der Waals surface area contributed by atoms with Gasteiger partial charge < -0.3 is 9.47 Å². The van der Waals surface area contributed by atoms with Crippen LogP contribution in [0.2, 0.25) is 0 Å². The number of benzene rings is 1. The topological polar surface area (TPSA) is 56.5 Å². The lowest BCUT2D eigenvalue weighted by molar-refractivity contribution is 0.352. The van der Waals surface area contributed by atoms with Crippen LogP contribution in [0.5, 0.6) is 11.5 Å². The van der Waals surface area contributed by atoms with Crippen molar-refractivity contribution in [3.05, 3.63) is 23.8 Å². The first-order valence-electron chi connectivity index (χ1n) is 7.38. The molecule has 0 aromatic heterocycles. The van der Waals surface area contributed by atoms with E-state index in [1.165, 1.54) is 31.2 Å². The summed E-state index contributed by atoms with van der Waals surface area (Å²) >= 11 is 0. The molecule has 4 nitrogen and oxygen atoms in total. The Morgan fingerprint density at radius 2 is 1.80 bits per heavy atom. The van der Waals surface area contributed by atoms with Crippen molar-refractivity contribution >= 4 is 0 Å². The van der Waals surface area contributed by atoms with Gasteiger partial charge in [0.15, 0.2) is 11.5 Å². The van der Waals surface area contributed by atoms with E-state index in [1.54, 1.807) is 14.2 Å². The van der Waals surface area contributed by atoms with E-state index in [9.17, 15) is 0 Å². The molecule has 3 N–H and O–H groups in total. The number of para-hydroxylation sites is 1. The average molecular weight is 282 g/mol. The largest absolute Gasteiger partial charge is 0.493 e. The van der Waals surface area contributed by atoms with E-state index in [1.807, 2.05) is 18.2 Å². The number of unbranched alkanes of at least 4 members (excludes halogenated alkanes) is 3. The minimum absolute atomic E-state index is 0.803. The average Bonchev–Trinajstić information content (AvgIpc) is 2.51. The molecule has 0 bridgehead atoms. The Labute approximate surface area is 123 Å². The third-order valence-electron chi connectivity index (χ3n) is 3.04. The van der Waals surface area contributed by atoms with Gasteiger partial charge in [0, 0.05) is 6.54 Å². The molecule has 0 amide bonds. The molecule has 4 heteroatoms. The van der Waals surface area contributed by atoms with Gasteiger partial charge in [-0.15, -0.1) is 0 Å². The van der Waals surface area contributed by atoms with Gasteiger partial charge in [-0.25, -0.2) is 0 Å². The van der Waals surface area contributed by atoms with Crippen molar-refractivity contribution < 1.29 is 9.47 Å². The van der Waals surface area contributed by atoms with E-state index >= 15 is 0 Å². The maximum absolute atomic E-state index is 5.23. The first-order chi connectivity index (χ1) is 9.74. The normalized spacial score (nSPS) is 9.65. The van der Waals surface area contributed by atoms with Gasteiger partial charge in [-0.3, -0.25) is 11.3 Å². The monoisotopic (exact) mass is 282 g/mol. The van der Waals surface area contributed by atoms with Crippen LogP contribution in [0.4, 0.5) is 0 Å². The SMILES string of the molecule is CCCCCCNN.CCc1cccc(OC)c1OC. The zero-order valence-corrected chi connectivity index (χ0v) is 13.4. The molecule has 0 atom stereocenters. The zero-order chi connectivity index (χ0) is 15.2. The van der Waals surface area contributed by atoms with Crippen LogP contribution in [0, 0.1) is 0 Å². The molecular weight excluding hydrogens is 252 g/mol. The summed E-state index contributed by atoms with van der Waals surface area (Å²) in [6, 6.07) is 5.92.